The molecule has 0 amide bonds. The minimum Gasteiger partial charge on any atom is -0.385 e. The quantitative estimate of drug-likeness (QED) is 0.262. The van der Waals surface area contributed by atoms with Crippen LogP contribution in [0, 0.1) is 10.1 Å². The maximum Gasteiger partial charge on any atom is 0.306 e. The second-order valence-corrected chi connectivity index (χ2v) is 6.82. The number of methoxy groups -OCH3 is 1. The van der Waals surface area contributed by atoms with Crippen LogP contribution in [-0.2, 0) is 14.8 Å². The lowest BCUT2D eigenvalue weighted by Crippen LogP contribution is -2.24. The van der Waals surface area contributed by atoms with Crippen LogP contribution in [0.4, 0.5) is 10.7 Å². The highest BCUT2D eigenvalue weighted by atomic mass is 32.2. The SMILES string of the molecule is COCCCCNS(=O)(=O)c1cc([N+](=O)[O-])c(NN)s1. The van der Waals surface area contributed by atoms with Crippen LogP contribution in [-0.4, -0.2) is 33.6 Å². The number of hydrogen-bond donors (Lipinski definition) is 3. The summed E-state index contributed by atoms with van der Waals surface area (Å²) in [7, 11) is -2.20. The number of rotatable bonds is 9. The second-order valence-electron chi connectivity index (χ2n) is 3.78. The molecule has 0 aliphatic carbocycles. The van der Waals surface area contributed by atoms with E-state index in [-0.39, 0.29) is 21.4 Å². The van der Waals surface area contributed by atoms with Gasteiger partial charge in [0.15, 0.2) is 5.00 Å². The van der Waals surface area contributed by atoms with Gasteiger partial charge in [0, 0.05) is 26.3 Å². The molecule has 1 heterocycles. The van der Waals surface area contributed by atoms with E-state index in [2.05, 4.69) is 10.1 Å². The Labute approximate surface area is 120 Å². The van der Waals surface area contributed by atoms with Crippen molar-refractivity contribution in [1.29, 1.82) is 0 Å². The Morgan fingerprint density at radius 3 is 2.70 bits per heavy atom. The van der Waals surface area contributed by atoms with Crippen LogP contribution in [0.1, 0.15) is 12.8 Å². The third-order valence-corrected chi connectivity index (χ3v) is 5.34. The van der Waals surface area contributed by atoms with Gasteiger partial charge in [-0.15, -0.1) is 0 Å². The lowest BCUT2D eigenvalue weighted by molar-refractivity contribution is -0.383. The molecule has 20 heavy (non-hydrogen) atoms. The molecule has 0 atom stereocenters. The summed E-state index contributed by atoms with van der Waals surface area (Å²) in [6.07, 6.45) is 1.34. The molecular formula is C9H16N4O5S2. The van der Waals surface area contributed by atoms with E-state index in [1.54, 1.807) is 7.11 Å². The number of hydrazine groups is 1. The number of nitrogen functional groups attached to an aromatic ring is 1. The zero-order chi connectivity index (χ0) is 15.2. The Kier molecular flexibility index (Phi) is 6.29. The molecule has 0 aliphatic rings. The lowest BCUT2D eigenvalue weighted by Gasteiger charge is -2.03. The molecule has 4 N–H and O–H groups in total. The molecule has 0 bridgehead atoms. The number of nitrogens with one attached hydrogen (secondary N) is 2. The summed E-state index contributed by atoms with van der Waals surface area (Å²) in [5.41, 5.74) is 1.76. The smallest absolute Gasteiger partial charge is 0.306 e. The summed E-state index contributed by atoms with van der Waals surface area (Å²) in [4.78, 5) is 10.0. The van der Waals surface area contributed by atoms with Crippen molar-refractivity contribution in [2.24, 2.45) is 5.84 Å². The first-order valence-electron chi connectivity index (χ1n) is 5.66. The van der Waals surface area contributed by atoms with Crippen LogP contribution in [0.5, 0.6) is 0 Å². The van der Waals surface area contributed by atoms with Crippen molar-refractivity contribution in [2.45, 2.75) is 17.1 Å². The Hall–Kier alpha value is -1.27. The zero-order valence-corrected chi connectivity index (χ0v) is 12.4. The predicted molar refractivity (Wildman–Crippen MR) is 75.1 cm³/mol. The number of ether oxygens (including phenoxy) is 1. The minimum atomic E-state index is -3.77. The highest BCUT2D eigenvalue weighted by Crippen LogP contribution is 2.36. The summed E-state index contributed by atoms with van der Waals surface area (Å²) in [6, 6.07) is 0.983. The first-order valence-corrected chi connectivity index (χ1v) is 7.95. The van der Waals surface area contributed by atoms with Crippen molar-refractivity contribution in [3.8, 4) is 0 Å². The zero-order valence-electron chi connectivity index (χ0n) is 10.8. The van der Waals surface area contributed by atoms with Crippen LogP contribution in [0.25, 0.3) is 0 Å². The molecule has 1 aromatic heterocycles. The monoisotopic (exact) mass is 324 g/mol. The van der Waals surface area contributed by atoms with E-state index in [0.29, 0.717) is 24.4 Å². The number of thiophene rings is 1. The van der Waals surface area contributed by atoms with E-state index < -0.39 is 14.9 Å². The van der Waals surface area contributed by atoms with Gasteiger partial charge in [0.25, 0.3) is 0 Å². The van der Waals surface area contributed by atoms with Gasteiger partial charge >= 0.3 is 5.69 Å². The number of sulfonamides is 1. The summed E-state index contributed by atoms with van der Waals surface area (Å²) < 4.78 is 31.0. The third kappa shape index (κ3) is 4.38. The number of nitrogens with two attached hydrogens (primary N) is 1. The van der Waals surface area contributed by atoms with Gasteiger partial charge in [-0.3, -0.25) is 10.1 Å². The van der Waals surface area contributed by atoms with Gasteiger partial charge in [-0.25, -0.2) is 19.0 Å². The highest BCUT2D eigenvalue weighted by molar-refractivity contribution is 7.91. The molecule has 0 aliphatic heterocycles. The third-order valence-electron chi connectivity index (χ3n) is 2.35. The van der Waals surface area contributed by atoms with Gasteiger partial charge in [0.05, 0.1) is 4.92 Å². The second kappa shape index (κ2) is 7.50. The molecule has 0 aromatic carbocycles. The van der Waals surface area contributed by atoms with Gasteiger partial charge in [-0.2, -0.15) is 0 Å². The molecular weight excluding hydrogens is 308 g/mol. The standard InChI is InChI=1S/C9H16N4O5S2/c1-18-5-3-2-4-11-20(16,17)8-6-7(13(14)15)9(12-10)19-8/h6,11-12H,2-5,10H2,1H3. The summed E-state index contributed by atoms with van der Waals surface area (Å²) >= 11 is 0.710. The first-order chi connectivity index (χ1) is 9.42. The average Bonchev–Trinajstić information content (AvgIpc) is 2.83. The van der Waals surface area contributed by atoms with Gasteiger partial charge < -0.3 is 10.2 Å². The van der Waals surface area contributed by atoms with Crippen LogP contribution in [0.2, 0.25) is 0 Å². The van der Waals surface area contributed by atoms with Crippen LogP contribution in [0.15, 0.2) is 10.3 Å². The van der Waals surface area contributed by atoms with Crippen molar-refractivity contribution in [1.82, 2.24) is 4.72 Å². The fourth-order valence-corrected chi connectivity index (χ4v) is 3.74. The molecule has 114 valence electrons. The maximum atomic E-state index is 11.9. The average molecular weight is 324 g/mol. The largest absolute Gasteiger partial charge is 0.385 e. The number of hydrogen-bond acceptors (Lipinski definition) is 8. The topological polar surface area (TPSA) is 137 Å². The Morgan fingerprint density at radius 2 is 2.20 bits per heavy atom. The van der Waals surface area contributed by atoms with Crippen molar-refractivity contribution in [3.63, 3.8) is 0 Å². The van der Waals surface area contributed by atoms with Gasteiger partial charge in [-0.05, 0) is 12.8 Å². The van der Waals surface area contributed by atoms with Crippen molar-refractivity contribution < 1.29 is 18.1 Å². The fourth-order valence-electron chi connectivity index (χ4n) is 1.38. The summed E-state index contributed by atoms with van der Waals surface area (Å²) in [6.45, 7) is 0.788. The summed E-state index contributed by atoms with van der Waals surface area (Å²) in [5, 5.41) is 10.7. The highest BCUT2D eigenvalue weighted by Gasteiger charge is 2.25. The van der Waals surface area contributed by atoms with E-state index in [1.807, 2.05) is 0 Å². The van der Waals surface area contributed by atoms with Crippen LogP contribution >= 0.6 is 11.3 Å². The molecule has 0 unspecified atom stereocenters. The predicted octanol–water partition coefficient (Wildman–Crippen LogP) is 0.647. The molecule has 0 fully saturated rings. The van der Waals surface area contributed by atoms with Crippen molar-refractivity contribution >= 4 is 32.0 Å². The Bertz CT molecular complexity index is 557. The van der Waals surface area contributed by atoms with Gasteiger partial charge in [-0.1, -0.05) is 11.3 Å². The van der Waals surface area contributed by atoms with Gasteiger partial charge in [0.1, 0.15) is 4.21 Å². The molecule has 1 aromatic rings. The molecule has 0 radical (unpaired) electrons. The van der Waals surface area contributed by atoms with E-state index >= 15 is 0 Å². The number of nitro groups is 1. The normalized spacial score (nSPS) is 11.5. The summed E-state index contributed by atoms with van der Waals surface area (Å²) in [5.74, 6) is 5.13. The Morgan fingerprint density at radius 1 is 1.50 bits per heavy atom. The first kappa shape index (κ1) is 16.8. The minimum absolute atomic E-state index is 0.00485. The van der Waals surface area contributed by atoms with Crippen LogP contribution < -0.4 is 16.0 Å². The van der Waals surface area contributed by atoms with Crippen molar-refractivity contribution in [3.05, 3.63) is 16.2 Å². The molecule has 0 saturated carbocycles. The van der Waals surface area contributed by atoms with E-state index in [1.165, 1.54) is 0 Å². The fraction of sp³-hybridized carbons (Fsp3) is 0.556. The molecule has 0 spiro atoms. The Balaban J connectivity index is 2.75. The number of unbranched alkanes of at least 4 members (excludes halogenated alkanes) is 1. The van der Waals surface area contributed by atoms with E-state index in [9.17, 15) is 18.5 Å². The van der Waals surface area contributed by atoms with Crippen molar-refractivity contribution in [2.75, 3.05) is 25.7 Å². The van der Waals surface area contributed by atoms with Gasteiger partial charge in [0.2, 0.25) is 10.0 Å². The molecule has 11 heteroatoms. The number of anilines is 1. The van der Waals surface area contributed by atoms with E-state index in [4.69, 9.17) is 10.6 Å². The van der Waals surface area contributed by atoms with Crippen LogP contribution in [0.3, 0.4) is 0 Å². The number of nitrogens with zero attached hydrogens (tertiary/aromatic N) is 1. The lowest BCUT2D eigenvalue weighted by atomic mass is 10.3. The van der Waals surface area contributed by atoms with E-state index in [0.717, 1.165) is 12.5 Å². The molecule has 9 nitrogen and oxygen atoms in total. The maximum absolute atomic E-state index is 11.9. The molecule has 1 rings (SSSR count). The molecule has 0 saturated heterocycles.